The van der Waals surface area contributed by atoms with E-state index in [0.29, 0.717) is 17.8 Å². The summed E-state index contributed by atoms with van der Waals surface area (Å²) in [4.78, 5) is 35.7. The normalized spacial score (nSPS) is 10.4. The van der Waals surface area contributed by atoms with Crippen molar-refractivity contribution >= 4 is 28.9 Å². The largest absolute Gasteiger partial charge is 0.396 e. The smallest absolute Gasteiger partial charge is 0.269 e. The summed E-state index contributed by atoms with van der Waals surface area (Å²) in [5.41, 5.74) is 3.11. The Hall–Kier alpha value is -4.04. The van der Waals surface area contributed by atoms with Gasteiger partial charge in [-0.25, -0.2) is 0 Å². The molecule has 3 N–H and O–H groups in total. The van der Waals surface area contributed by atoms with Gasteiger partial charge in [0.15, 0.2) is 0 Å². The molecule has 3 aromatic carbocycles. The molecular weight excluding hydrogens is 398 g/mol. The molecule has 0 aliphatic carbocycles. The van der Waals surface area contributed by atoms with Crippen LogP contribution in [0.25, 0.3) is 0 Å². The van der Waals surface area contributed by atoms with Crippen LogP contribution in [0.3, 0.4) is 0 Å². The fraction of sp³-hybridized carbons (Fsp3) is 0.130. The number of aliphatic hydroxyl groups is 1. The van der Waals surface area contributed by atoms with E-state index in [4.69, 9.17) is 5.11 Å². The lowest BCUT2D eigenvalue weighted by atomic mass is 10.1. The standard InChI is InChI=1S/C23H21N3O5/c1-15-2-11-21(25-22(28)17-5-9-19(10-6-17)26(30)31)20(14-15)23(29)24-18-7-3-16(4-8-18)12-13-27/h2-11,14,27H,12-13H2,1H3,(H,24,29)(H,25,28). The number of nitrogens with one attached hydrogen (secondary N) is 2. The van der Waals surface area contributed by atoms with Gasteiger partial charge in [0.05, 0.1) is 16.2 Å². The average Bonchev–Trinajstić information content (AvgIpc) is 2.76. The van der Waals surface area contributed by atoms with Gasteiger partial charge in [0.25, 0.3) is 17.5 Å². The van der Waals surface area contributed by atoms with Gasteiger partial charge in [-0.3, -0.25) is 19.7 Å². The first-order valence-corrected chi connectivity index (χ1v) is 9.55. The number of hydrogen-bond acceptors (Lipinski definition) is 5. The lowest BCUT2D eigenvalue weighted by molar-refractivity contribution is -0.384. The molecule has 158 valence electrons. The lowest BCUT2D eigenvalue weighted by Gasteiger charge is -2.13. The van der Waals surface area contributed by atoms with Gasteiger partial charge in [-0.1, -0.05) is 23.8 Å². The van der Waals surface area contributed by atoms with Gasteiger partial charge in [-0.05, 0) is 55.3 Å². The Morgan fingerprint density at radius 1 is 0.935 bits per heavy atom. The minimum atomic E-state index is -0.541. The number of hydrogen-bond donors (Lipinski definition) is 3. The molecule has 2 amide bonds. The zero-order valence-electron chi connectivity index (χ0n) is 16.8. The third-order valence-electron chi connectivity index (χ3n) is 4.62. The molecule has 0 aliphatic rings. The second-order valence-electron chi connectivity index (χ2n) is 6.93. The summed E-state index contributed by atoms with van der Waals surface area (Å²) in [6, 6.07) is 17.4. The molecule has 0 heterocycles. The minimum Gasteiger partial charge on any atom is -0.396 e. The third-order valence-corrected chi connectivity index (χ3v) is 4.62. The van der Waals surface area contributed by atoms with Crippen molar-refractivity contribution in [2.45, 2.75) is 13.3 Å². The number of rotatable bonds is 7. The maximum Gasteiger partial charge on any atom is 0.269 e. The highest BCUT2D eigenvalue weighted by atomic mass is 16.6. The highest BCUT2D eigenvalue weighted by Gasteiger charge is 2.16. The van der Waals surface area contributed by atoms with Crippen LogP contribution in [0.1, 0.15) is 31.8 Å². The van der Waals surface area contributed by atoms with E-state index in [1.54, 1.807) is 30.3 Å². The Bertz CT molecular complexity index is 1110. The number of aryl methyl sites for hydroxylation is 1. The molecule has 0 spiro atoms. The molecule has 3 rings (SSSR count). The number of nitro benzene ring substituents is 1. The van der Waals surface area contributed by atoms with Crippen LogP contribution in [-0.2, 0) is 6.42 Å². The summed E-state index contributed by atoms with van der Waals surface area (Å²) >= 11 is 0. The van der Waals surface area contributed by atoms with Crippen LogP contribution in [0.2, 0.25) is 0 Å². The fourth-order valence-corrected chi connectivity index (χ4v) is 2.97. The van der Waals surface area contributed by atoms with Gasteiger partial charge in [-0.15, -0.1) is 0 Å². The van der Waals surface area contributed by atoms with Crippen molar-refractivity contribution < 1.29 is 19.6 Å². The molecule has 0 unspecified atom stereocenters. The fourth-order valence-electron chi connectivity index (χ4n) is 2.97. The van der Waals surface area contributed by atoms with Crippen molar-refractivity contribution in [1.29, 1.82) is 0 Å². The van der Waals surface area contributed by atoms with Crippen molar-refractivity contribution in [2.75, 3.05) is 17.2 Å². The number of non-ortho nitro benzene ring substituents is 1. The van der Waals surface area contributed by atoms with E-state index >= 15 is 0 Å². The van der Waals surface area contributed by atoms with Crippen LogP contribution >= 0.6 is 0 Å². The van der Waals surface area contributed by atoms with E-state index in [-0.39, 0.29) is 23.4 Å². The Morgan fingerprint density at radius 2 is 1.61 bits per heavy atom. The quantitative estimate of drug-likeness (QED) is 0.395. The Morgan fingerprint density at radius 3 is 2.23 bits per heavy atom. The number of aliphatic hydroxyl groups excluding tert-OH is 1. The van der Waals surface area contributed by atoms with Crippen molar-refractivity contribution in [2.24, 2.45) is 0 Å². The zero-order valence-corrected chi connectivity index (χ0v) is 16.8. The molecule has 0 aliphatic heterocycles. The van der Waals surface area contributed by atoms with E-state index in [0.717, 1.165) is 11.1 Å². The Balaban J connectivity index is 1.78. The molecule has 0 atom stereocenters. The SMILES string of the molecule is Cc1ccc(NC(=O)c2ccc([N+](=O)[O-])cc2)c(C(=O)Nc2ccc(CCO)cc2)c1. The van der Waals surface area contributed by atoms with Crippen LogP contribution in [0.5, 0.6) is 0 Å². The first-order valence-electron chi connectivity index (χ1n) is 9.55. The molecular formula is C23H21N3O5. The van der Waals surface area contributed by atoms with Gasteiger partial charge < -0.3 is 15.7 Å². The van der Waals surface area contributed by atoms with Crippen LogP contribution in [0, 0.1) is 17.0 Å². The first kappa shape index (κ1) is 21.7. The number of amides is 2. The van der Waals surface area contributed by atoms with Crippen LogP contribution < -0.4 is 10.6 Å². The molecule has 0 saturated carbocycles. The van der Waals surface area contributed by atoms with Crippen molar-refractivity contribution in [3.8, 4) is 0 Å². The molecule has 8 nitrogen and oxygen atoms in total. The molecule has 0 bridgehead atoms. The topological polar surface area (TPSA) is 122 Å². The summed E-state index contributed by atoms with van der Waals surface area (Å²) < 4.78 is 0. The molecule has 31 heavy (non-hydrogen) atoms. The maximum atomic E-state index is 12.9. The highest BCUT2D eigenvalue weighted by Crippen LogP contribution is 2.21. The highest BCUT2D eigenvalue weighted by molar-refractivity contribution is 6.12. The van der Waals surface area contributed by atoms with E-state index in [9.17, 15) is 19.7 Å². The zero-order chi connectivity index (χ0) is 22.4. The molecule has 0 radical (unpaired) electrons. The van der Waals surface area contributed by atoms with Gasteiger partial charge in [0.1, 0.15) is 0 Å². The summed E-state index contributed by atoms with van der Waals surface area (Å²) in [5.74, 6) is -0.876. The Kier molecular flexibility index (Phi) is 6.74. The second kappa shape index (κ2) is 9.64. The molecule has 0 aromatic heterocycles. The van der Waals surface area contributed by atoms with Gasteiger partial charge in [-0.2, -0.15) is 0 Å². The lowest BCUT2D eigenvalue weighted by Crippen LogP contribution is -2.18. The van der Waals surface area contributed by atoms with Crippen LogP contribution in [0.4, 0.5) is 17.1 Å². The second-order valence-corrected chi connectivity index (χ2v) is 6.93. The van der Waals surface area contributed by atoms with Crippen molar-refractivity contribution in [3.05, 3.63) is 99.1 Å². The third kappa shape index (κ3) is 5.52. The van der Waals surface area contributed by atoms with E-state index < -0.39 is 16.7 Å². The summed E-state index contributed by atoms with van der Waals surface area (Å²) in [7, 11) is 0. The monoisotopic (exact) mass is 419 g/mol. The Labute approximate surface area is 178 Å². The van der Waals surface area contributed by atoms with Gasteiger partial charge >= 0.3 is 0 Å². The van der Waals surface area contributed by atoms with E-state index in [1.165, 1.54) is 24.3 Å². The summed E-state index contributed by atoms with van der Waals surface area (Å²) in [6.07, 6.45) is 0.533. The number of benzene rings is 3. The molecule has 0 fully saturated rings. The van der Waals surface area contributed by atoms with Crippen molar-refractivity contribution in [3.63, 3.8) is 0 Å². The number of carbonyl (C=O) groups is 2. The van der Waals surface area contributed by atoms with E-state index in [1.807, 2.05) is 19.1 Å². The number of anilines is 2. The van der Waals surface area contributed by atoms with Crippen molar-refractivity contribution in [1.82, 2.24) is 0 Å². The van der Waals surface area contributed by atoms with Crippen LogP contribution in [-0.4, -0.2) is 28.5 Å². The van der Waals surface area contributed by atoms with E-state index in [2.05, 4.69) is 10.6 Å². The maximum absolute atomic E-state index is 12.9. The van der Waals surface area contributed by atoms with Gasteiger partial charge in [0, 0.05) is 30.0 Å². The molecule has 8 heteroatoms. The predicted octanol–water partition coefficient (Wildman–Crippen LogP) is 3.94. The first-order chi connectivity index (χ1) is 14.9. The summed E-state index contributed by atoms with van der Waals surface area (Å²) in [6.45, 7) is 1.88. The summed E-state index contributed by atoms with van der Waals surface area (Å²) in [5, 5.41) is 25.3. The predicted molar refractivity (Wildman–Crippen MR) is 117 cm³/mol. The number of carbonyl (C=O) groups excluding carboxylic acids is 2. The molecule has 0 saturated heterocycles. The minimum absolute atomic E-state index is 0.0484. The molecule has 3 aromatic rings. The number of nitrogens with zero attached hydrogens (tertiary/aromatic N) is 1. The van der Waals surface area contributed by atoms with Crippen LogP contribution in [0.15, 0.2) is 66.7 Å². The number of nitro groups is 1. The van der Waals surface area contributed by atoms with Gasteiger partial charge in [0.2, 0.25) is 0 Å². The average molecular weight is 419 g/mol.